The fourth-order valence-corrected chi connectivity index (χ4v) is 2.12. The zero-order valence-corrected chi connectivity index (χ0v) is 11.1. The summed E-state index contributed by atoms with van der Waals surface area (Å²) in [7, 11) is 0. The van der Waals surface area contributed by atoms with Crippen molar-refractivity contribution in [2.75, 3.05) is 13.1 Å². The van der Waals surface area contributed by atoms with Crippen molar-refractivity contribution in [2.45, 2.75) is 38.6 Å². The van der Waals surface area contributed by atoms with Crippen LogP contribution in [0.5, 0.6) is 0 Å². The Morgan fingerprint density at radius 3 is 2.79 bits per heavy atom. The minimum absolute atomic E-state index is 0.148. The Kier molecular flexibility index (Phi) is 6.21. The molecule has 0 aliphatic carbocycles. The smallest absolute Gasteiger partial charge is 0.251 e. The molecule has 6 nitrogen and oxygen atoms in total. The Balaban J connectivity index is 2.81. The molecule has 1 fully saturated rings. The van der Waals surface area contributed by atoms with Crippen LogP contribution in [-0.2, 0) is 14.4 Å². The Labute approximate surface area is 112 Å². The molecule has 1 heterocycles. The van der Waals surface area contributed by atoms with E-state index in [1.54, 1.807) is 6.08 Å². The summed E-state index contributed by atoms with van der Waals surface area (Å²) in [5.74, 6) is -0.274. The number of aldehydes is 1. The van der Waals surface area contributed by atoms with Gasteiger partial charge < -0.3 is 9.69 Å². The number of amides is 2. The number of hydrogen-bond acceptors (Lipinski definition) is 4. The van der Waals surface area contributed by atoms with Crippen LogP contribution in [-0.4, -0.2) is 52.9 Å². The predicted molar refractivity (Wildman–Crippen MR) is 68.3 cm³/mol. The zero-order chi connectivity index (χ0) is 14.3. The van der Waals surface area contributed by atoms with Crippen LogP contribution in [0, 0.1) is 0 Å². The molecule has 19 heavy (non-hydrogen) atoms. The van der Waals surface area contributed by atoms with E-state index in [0.29, 0.717) is 30.0 Å². The molecule has 1 saturated heterocycles. The lowest BCUT2D eigenvalue weighted by molar-refractivity contribution is -0.149. The van der Waals surface area contributed by atoms with Gasteiger partial charge in [0.15, 0.2) is 0 Å². The first-order valence-corrected chi connectivity index (χ1v) is 6.50. The van der Waals surface area contributed by atoms with Crippen molar-refractivity contribution in [1.82, 2.24) is 9.96 Å². The van der Waals surface area contributed by atoms with Gasteiger partial charge in [-0.3, -0.25) is 14.8 Å². The highest BCUT2D eigenvalue weighted by Gasteiger charge is 2.30. The molecule has 1 aliphatic rings. The van der Waals surface area contributed by atoms with E-state index in [2.05, 4.69) is 0 Å². The summed E-state index contributed by atoms with van der Waals surface area (Å²) < 4.78 is 0. The van der Waals surface area contributed by atoms with Gasteiger partial charge in [-0.15, -0.1) is 0 Å². The molecule has 2 amide bonds. The largest absolute Gasteiger partial charge is 0.329 e. The molecule has 106 valence electrons. The van der Waals surface area contributed by atoms with Crippen molar-refractivity contribution in [3.8, 4) is 0 Å². The van der Waals surface area contributed by atoms with Gasteiger partial charge in [0.25, 0.3) is 5.91 Å². The fraction of sp³-hybridized carbons (Fsp3) is 0.615. The zero-order valence-electron chi connectivity index (χ0n) is 11.1. The SMILES string of the molecule is CCC/C=C(\CN(O)C=O)C(=O)N1CCC[C@H]1C=O. The molecule has 1 atom stereocenters. The third-order valence-corrected chi connectivity index (χ3v) is 3.13. The number of likely N-dealkylation sites (tertiary alicyclic amines) is 1. The first-order chi connectivity index (χ1) is 9.13. The summed E-state index contributed by atoms with van der Waals surface area (Å²) in [6, 6.07) is -0.388. The first kappa shape index (κ1) is 15.4. The average Bonchev–Trinajstić information content (AvgIpc) is 2.90. The van der Waals surface area contributed by atoms with Crippen LogP contribution in [0.2, 0.25) is 0 Å². The molecule has 6 heteroatoms. The van der Waals surface area contributed by atoms with E-state index in [9.17, 15) is 19.6 Å². The van der Waals surface area contributed by atoms with Crippen molar-refractivity contribution in [2.24, 2.45) is 0 Å². The first-order valence-electron chi connectivity index (χ1n) is 6.50. The van der Waals surface area contributed by atoms with Gasteiger partial charge >= 0.3 is 0 Å². The Morgan fingerprint density at radius 1 is 1.47 bits per heavy atom. The van der Waals surface area contributed by atoms with Gasteiger partial charge in [-0.2, -0.15) is 0 Å². The van der Waals surface area contributed by atoms with E-state index in [1.807, 2.05) is 6.92 Å². The maximum absolute atomic E-state index is 12.3. The molecule has 1 rings (SSSR count). The van der Waals surface area contributed by atoms with Gasteiger partial charge in [0, 0.05) is 12.1 Å². The molecule has 0 aromatic carbocycles. The molecule has 0 unspecified atom stereocenters. The topological polar surface area (TPSA) is 77.9 Å². The summed E-state index contributed by atoms with van der Waals surface area (Å²) in [5.41, 5.74) is 0.352. The molecule has 0 aromatic rings. The van der Waals surface area contributed by atoms with Gasteiger partial charge in [0.1, 0.15) is 6.29 Å². The Bertz CT molecular complexity index is 368. The third-order valence-electron chi connectivity index (χ3n) is 3.13. The van der Waals surface area contributed by atoms with Gasteiger partial charge in [-0.05, 0) is 19.3 Å². The average molecular weight is 268 g/mol. The summed E-state index contributed by atoms with van der Waals surface area (Å²) in [6.45, 7) is 2.36. The minimum atomic E-state index is -0.388. The van der Waals surface area contributed by atoms with Crippen LogP contribution in [0.25, 0.3) is 0 Å². The van der Waals surface area contributed by atoms with Gasteiger partial charge in [0.05, 0.1) is 12.6 Å². The molecule has 0 spiro atoms. The van der Waals surface area contributed by atoms with Crippen molar-refractivity contribution in [3.63, 3.8) is 0 Å². The molecule has 0 bridgehead atoms. The molecular formula is C13H20N2O4. The van der Waals surface area contributed by atoms with E-state index >= 15 is 0 Å². The standard InChI is InChI=1S/C13H20N2O4/c1-2-3-5-11(8-14(19)10-17)13(18)15-7-4-6-12(15)9-16/h5,9-10,12,19H,2-4,6-8H2,1H3/b11-5+/t12-/m0/s1. The van der Waals surface area contributed by atoms with Crippen molar-refractivity contribution in [1.29, 1.82) is 0 Å². The second-order valence-electron chi connectivity index (χ2n) is 4.57. The number of nitrogens with zero attached hydrogens (tertiary/aromatic N) is 2. The van der Waals surface area contributed by atoms with Crippen LogP contribution >= 0.6 is 0 Å². The maximum atomic E-state index is 12.3. The molecule has 0 aromatic heterocycles. The lowest BCUT2D eigenvalue weighted by Crippen LogP contribution is -2.39. The van der Waals surface area contributed by atoms with Gasteiger partial charge in [-0.1, -0.05) is 19.4 Å². The summed E-state index contributed by atoms with van der Waals surface area (Å²) in [4.78, 5) is 35.2. The quantitative estimate of drug-likeness (QED) is 0.320. The Hall–Kier alpha value is -1.69. The van der Waals surface area contributed by atoms with Crippen LogP contribution in [0.3, 0.4) is 0 Å². The van der Waals surface area contributed by atoms with E-state index in [4.69, 9.17) is 0 Å². The minimum Gasteiger partial charge on any atom is -0.329 e. The molecule has 0 radical (unpaired) electrons. The highest BCUT2D eigenvalue weighted by molar-refractivity contribution is 5.95. The monoisotopic (exact) mass is 268 g/mol. The normalized spacial score (nSPS) is 19.4. The lowest BCUT2D eigenvalue weighted by atomic mass is 10.1. The van der Waals surface area contributed by atoms with Crippen molar-refractivity contribution in [3.05, 3.63) is 11.6 Å². The maximum Gasteiger partial charge on any atom is 0.251 e. The van der Waals surface area contributed by atoms with E-state index < -0.39 is 0 Å². The third kappa shape index (κ3) is 4.17. The van der Waals surface area contributed by atoms with Crippen LogP contribution in [0.15, 0.2) is 11.6 Å². The van der Waals surface area contributed by atoms with Crippen LogP contribution in [0.4, 0.5) is 0 Å². The van der Waals surface area contributed by atoms with Crippen LogP contribution in [0.1, 0.15) is 32.6 Å². The fourth-order valence-electron chi connectivity index (χ4n) is 2.12. The van der Waals surface area contributed by atoms with E-state index in [-0.39, 0.29) is 24.9 Å². The molecule has 1 aliphatic heterocycles. The number of hydrogen-bond donors (Lipinski definition) is 1. The van der Waals surface area contributed by atoms with Crippen molar-refractivity contribution >= 4 is 18.6 Å². The highest BCUT2D eigenvalue weighted by Crippen LogP contribution is 2.18. The highest BCUT2D eigenvalue weighted by atomic mass is 16.5. The lowest BCUT2D eigenvalue weighted by Gasteiger charge is -2.23. The molecule has 1 N–H and O–H groups in total. The van der Waals surface area contributed by atoms with E-state index in [0.717, 1.165) is 19.1 Å². The second-order valence-corrected chi connectivity index (χ2v) is 4.57. The predicted octanol–water partition coefficient (Wildman–Crippen LogP) is 0.750. The molecule has 0 saturated carbocycles. The van der Waals surface area contributed by atoms with Crippen LogP contribution < -0.4 is 0 Å². The van der Waals surface area contributed by atoms with E-state index in [1.165, 1.54) is 4.90 Å². The van der Waals surface area contributed by atoms with Crippen molar-refractivity contribution < 1.29 is 19.6 Å². The number of hydroxylamine groups is 2. The van der Waals surface area contributed by atoms with Gasteiger partial charge in [0.2, 0.25) is 6.41 Å². The second kappa shape index (κ2) is 7.68. The number of rotatable bonds is 7. The van der Waals surface area contributed by atoms with Gasteiger partial charge in [-0.25, -0.2) is 5.06 Å². The molecular weight excluding hydrogens is 248 g/mol. The summed E-state index contributed by atoms with van der Waals surface area (Å²) in [6.07, 6.45) is 5.77. The Morgan fingerprint density at radius 2 is 2.21 bits per heavy atom. The summed E-state index contributed by atoms with van der Waals surface area (Å²) >= 11 is 0. The number of unbranched alkanes of at least 4 members (excludes halogenated alkanes) is 1. The number of allylic oxidation sites excluding steroid dienone is 1. The summed E-state index contributed by atoms with van der Waals surface area (Å²) in [5, 5.41) is 9.66. The number of carbonyl (C=O) groups excluding carboxylic acids is 3. The number of carbonyl (C=O) groups is 3.